The van der Waals surface area contributed by atoms with E-state index in [2.05, 4.69) is 57.2 Å². The van der Waals surface area contributed by atoms with E-state index in [1.165, 1.54) is 5.69 Å². The van der Waals surface area contributed by atoms with E-state index in [-0.39, 0.29) is 24.0 Å². The molecule has 1 aromatic carbocycles. The van der Waals surface area contributed by atoms with Crippen LogP contribution in [0, 0.1) is 19.8 Å². The summed E-state index contributed by atoms with van der Waals surface area (Å²) in [6, 6.07) is 12.0. The molecule has 0 aliphatic carbocycles. The third-order valence-electron chi connectivity index (χ3n) is 4.52. The summed E-state index contributed by atoms with van der Waals surface area (Å²) in [5.41, 5.74) is 4.01. The van der Waals surface area contributed by atoms with Gasteiger partial charge < -0.3 is 15.1 Å². The Labute approximate surface area is 195 Å². The van der Waals surface area contributed by atoms with Crippen molar-refractivity contribution < 1.29 is 4.42 Å². The first-order chi connectivity index (χ1) is 14.0. The van der Waals surface area contributed by atoms with E-state index in [1.54, 1.807) is 6.26 Å². The van der Waals surface area contributed by atoms with Gasteiger partial charge in [-0.2, -0.15) is 5.10 Å². The molecule has 1 atom stereocenters. The van der Waals surface area contributed by atoms with E-state index in [0.29, 0.717) is 18.4 Å². The van der Waals surface area contributed by atoms with Gasteiger partial charge in [-0.3, -0.25) is 4.68 Å². The van der Waals surface area contributed by atoms with Gasteiger partial charge in [-0.05, 0) is 44.9 Å². The molecule has 0 amide bonds. The predicted octanol–water partition coefficient (Wildman–Crippen LogP) is 4.16. The summed E-state index contributed by atoms with van der Waals surface area (Å²) in [6.07, 6.45) is 1.67. The number of benzene rings is 1. The molecule has 0 radical (unpaired) electrons. The minimum absolute atomic E-state index is 0. The monoisotopic (exact) mass is 522 g/mol. The van der Waals surface area contributed by atoms with Gasteiger partial charge >= 0.3 is 0 Å². The standard InChI is InChI=1S/C22H30N6O.HI/c1-5-23-22(24-12-16(2)14-28-18(4)11-17(3)27-28)25-13-20-15-29-21(26-20)19-9-7-6-8-10-19;/h6-11,15-16H,5,12-14H2,1-4H3,(H2,23,24,25);1H. The smallest absolute Gasteiger partial charge is 0.226 e. The van der Waals surface area contributed by atoms with Crippen molar-refractivity contribution in [2.45, 2.75) is 40.8 Å². The van der Waals surface area contributed by atoms with Crippen LogP contribution < -0.4 is 10.6 Å². The third kappa shape index (κ3) is 6.86. The zero-order valence-electron chi connectivity index (χ0n) is 18.1. The minimum Gasteiger partial charge on any atom is -0.444 e. The van der Waals surface area contributed by atoms with E-state index >= 15 is 0 Å². The molecule has 0 bridgehead atoms. The highest BCUT2D eigenvalue weighted by atomic mass is 127. The van der Waals surface area contributed by atoms with E-state index in [9.17, 15) is 0 Å². The lowest BCUT2D eigenvalue weighted by atomic mass is 10.2. The summed E-state index contributed by atoms with van der Waals surface area (Å²) >= 11 is 0. The average Bonchev–Trinajstić information content (AvgIpc) is 3.31. The zero-order chi connectivity index (χ0) is 20.6. The molecular formula is C22H31IN6O. The molecular weight excluding hydrogens is 491 g/mol. The fourth-order valence-corrected chi connectivity index (χ4v) is 3.09. The highest BCUT2D eigenvalue weighted by Crippen LogP contribution is 2.18. The fraction of sp³-hybridized carbons (Fsp3) is 0.409. The topological polar surface area (TPSA) is 80.3 Å². The van der Waals surface area contributed by atoms with Crippen molar-refractivity contribution in [3.63, 3.8) is 0 Å². The molecule has 0 spiro atoms. The highest BCUT2D eigenvalue weighted by Gasteiger charge is 2.09. The molecule has 3 aromatic rings. The van der Waals surface area contributed by atoms with Gasteiger partial charge in [-0.1, -0.05) is 25.1 Å². The Morgan fingerprint density at radius 2 is 1.97 bits per heavy atom. The molecule has 0 aliphatic rings. The first-order valence-corrected chi connectivity index (χ1v) is 10.1. The van der Waals surface area contributed by atoms with Gasteiger partial charge in [-0.15, -0.1) is 24.0 Å². The Morgan fingerprint density at radius 3 is 2.63 bits per heavy atom. The Bertz CT molecular complexity index is 934. The van der Waals surface area contributed by atoms with Crippen LogP contribution in [0.5, 0.6) is 0 Å². The number of nitrogens with one attached hydrogen (secondary N) is 2. The van der Waals surface area contributed by atoms with E-state index in [4.69, 9.17) is 4.42 Å². The largest absolute Gasteiger partial charge is 0.444 e. The molecule has 2 aromatic heterocycles. The number of nitrogens with zero attached hydrogens (tertiary/aromatic N) is 4. The Kier molecular flexibility index (Phi) is 9.35. The number of halogens is 1. The van der Waals surface area contributed by atoms with Crippen molar-refractivity contribution in [3.8, 4) is 11.5 Å². The van der Waals surface area contributed by atoms with Crippen LogP contribution in [0.4, 0.5) is 0 Å². The quantitative estimate of drug-likeness (QED) is 0.264. The second-order valence-corrected chi connectivity index (χ2v) is 7.30. The molecule has 0 saturated carbocycles. The minimum atomic E-state index is 0. The summed E-state index contributed by atoms with van der Waals surface area (Å²) in [5.74, 6) is 1.80. The number of aryl methyl sites for hydroxylation is 2. The van der Waals surface area contributed by atoms with Gasteiger partial charge in [0, 0.05) is 30.9 Å². The van der Waals surface area contributed by atoms with Gasteiger partial charge in [0.15, 0.2) is 5.96 Å². The first-order valence-electron chi connectivity index (χ1n) is 10.1. The summed E-state index contributed by atoms with van der Waals surface area (Å²) in [6.45, 7) is 11.3. The number of guanidine groups is 1. The Balaban J connectivity index is 0.00000320. The van der Waals surface area contributed by atoms with Crippen molar-refractivity contribution in [2.75, 3.05) is 13.1 Å². The maximum absolute atomic E-state index is 5.59. The number of rotatable bonds is 8. The predicted molar refractivity (Wildman–Crippen MR) is 131 cm³/mol. The second-order valence-electron chi connectivity index (χ2n) is 7.30. The molecule has 2 heterocycles. The number of aromatic nitrogens is 3. The fourth-order valence-electron chi connectivity index (χ4n) is 3.09. The van der Waals surface area contributed by atoms with Crippen LogP contribution in [0.15, 0.2) is 52.1 Å². The maximum Gasteiger partial charge on any atom is 0.226 e. The average molecular weight is 522 g/mol. The summed E-state index contributed by atoms with van der Waals surface area (Å²) in [4.78, 5) is 9.18. The van der Waals surface area contributed by atoms with Crippen molar-refractivity contribution in [1.29, 1.82) is 0 Å². The molecule has 1 unspecified atom stereocenters. The normalized spacial score (nSPS) is 12.3. The summed E-state index contributed by atoms with van der Waals surface area (Å²) in [5, 5.41) is 11.2. The zero-order valence-corrected chi connectivity index (χ0v) is 20.4. The molecule has 7 nitrogen and oxygen atoms in total. The first kappa shape index (κ1) is 23.9. The van der Waals surface area contributed by atoms with Crippen LogP contribution in [0.1, 0.15) is 30.9 Å². The lowest BCUT2D eigenvalue weighted by molar-refractivity contribution is 0.436. The van der Waals surface area contributed by atoms with Crippen LogP contribution in [0.2, 0.25) is 0 Å². The van der Waals surface area contributed by atoms with E-state index in [0.717, 1.165) is 42.5 Å². The van der Waals surface area contributed by atoms with Gasteiger partial charge in [-0.25, -0.2) is 9.98 Å². The number of oxazole rings is 1. The van der Waals surface area contributed by atoms with Crippen LogP contribution in [0.25, 0.3) is 11.5 Å². The SMILES string of the molecule is CCNC(=NCc1coc(-c2ccccc2)n1)NCC(C)Cn1nc(C)cc1C.I. The van der Waals surface area contributed by atoms with Gasteiger partial charge in [0.05, 0.1) is 12.2 Å². The highest BCUT2D eigenvalue weighted by molar-refractivity contribution is 14.0. The van der Waals surface area contributed by atoms with Crippen molar-refractivity contribution in [3.05, 3.63) is 59.7 Å². The second kappa shape index (κ2) is 11.7. The van der Waals surface area contributed by atoms with Crippen LogP contribution >= 0.6 is 24.0 Å². The Hall–Kier alpha value is -2.36. The van der Waals surface area contributed by atoms with E-state index in [1.807, 2.05) is 37.3 Å². The molecule has 2 N–H and O–H groups in total. The summed E-state index contributed by atoms with van der Waals surface area (Å²) in [7, 11) is 0. The number of hydrogen-bond donors (Lipinski definition) is 2. The lowest BCUT2D eigenvalue weighted by Crippen LogP contribution is -2.40. The number of aliphatic imine (C=N–C) groups is 1. The molecule has 0 fully saturated rings. The molecule has 3 rings (SSSR count). The molecule has 0 aliphatic heterocycles. The lowest BCUT2D eigenvalue weighted by Gasteiger charge is -2.16. The Morgan fingerprint density at radius 1 is 1.20 bits per heavy atom. The van der Waals surface area contributed by atoms with E-state index < -0.39 is 0 Å². The van der Waals surface area contributed by atoms with Crippen molar-refractivity contribution >= 4 is 29.9 Å². The van der Waals surface area contributed by atoms with Crippen molar-refractivity contribution in [1.82, 2.24) is 25.4 Å². The van der Waals surface area contributed by atoms with Crippen LogP contribution in [-0.2, 0) is 13.1 Å². The van der Waals surface area contributed by atoms with Crippen molar-refractivity contribution in [2.24, 2.45) is 10.9 Å². The maximum atomic E-state index is 5.59. The molecule has 162 valence electrons. The third-order valence-corrected chi connectivity index (χ3v) is 4.52. The van der Waals surface area contributed by atoms with Gasteiger partial charge in [0.1, 0.15) is 12.0 Å². The van der Waals surface area contributed by atoms with Crippen LogP contribution in [-0.4, -0.2) is 33.8 Å². The van der Waals surface area contributed by atoms with Crippen LogP contribution in [0.3, 0.4) is 0 Å². The van der Waals surface area contributed by atoms with Gasteiger partial charge in [0.2, 0.25) is 5.89 Å². The molecule has 0 saturated heterocycles. The summed E-state index contributed by atoms with van der Waals surface area (Å²) < 4.78 is 7.65. The number of hydrogen-bond acceptors (Lipinski definition) is 4. The van der Waals surface area contributed by atoms with Gasteiger partial charge in [0.25, 0.3) is 0 Å². The molecule has 30 heavy (non-hydrogen) atoms. The molecule has 8 heteroatoms.